The Morgan fingerprint density at radius 1 is 1.32 bits per heavy atom. The topological polar surface area (TPSA) is 80.9 Å². The number of nitrogens with one attached hydrogen (secondary N) is 1. The molecule has 1 aromatic carbocycles. The minimum absolute atomic E-state index is 0.0589. The number of amides is 1. The van der Waals surface area contributed by atoms with Gasteiger partial charge in [0.25, 0.3) is 0 Å². The number of carbonyl (C=O) groups is 1. The van der Waals surface area contributed by atoms with Gasteiger partial charge in [-0.2, -0.15) is 0 Å². The van der Waals surface area contributed by atoms with Gasteiger partial charge in [0.05, 0.1) is 12.1 Å². The Hall–Kier alpha value is -2.61. The Bertz CT molecular complexity index is 797. The van der Waals surface area contributed by atoms with Crippen molar-refractivity contribution in [2.75, 3.05) is 5.32 Å². The lowest BCUT2D eigenvalue weighted by Crippen LogP contribution is -2.14. The molecule has 0 aliphatic rings. The minimum atomic E-state index is -0.324. The molecular formula is C14H11FN4O2S. The van der Waals surface area contributed by atoms with Crippen LogP contribution in [0.4, 0.5) is 9.52 Å². The average molecular weight is 318 g/mol. The molecular weight excluding hydrogens is 307 g/mol. The van der Waals surface area contributed by atoms with Crippen LogP contribution in [0.15, 0.2) is 34.9 Å². The average Bonchev–Trinajstić information content (AvgIpc) is 3.09. The Balaban J connectivity index is 1.66. The van der Waals surface area contributed by atoms with Crippen LogP contribution in [-0.2, 0) is 11.2 Å². The SMILES string of the molecule is Cc1nnc(NC(=O)Cc2cc(-c3ccc(F)cc3)on2)s1. The summed E-state index contributed by atoms with van der Waals surface area (Å²) < 4.78 is 18.0. The highest BCUT2D eigenvalue weighted by Crippen LogP contribution is 2.21. The molecule has 0 saturated heterocycles. The van der Waals surface area contributed by atoms with Crippen molar-refractivity contribution in [2.45, 2.75) is 13.3 Å². The van der Waals surface area contributed by atoms with Crippen LogP contribution in [0.1, 0.15) is 10.7 Å². The van der Waals surface area contributed by atoms with Crippen LogP contribution in [0.3, 0.4) is 0 Å². The van der Waals surface area contributed by atoms with Crippen LogP contribution < -0.4 is 5.32 Å². The predicted molar refractivity (Wildman–Crippen MR) is 78.9 cm³/mol. The number of aromatic nitrogens is 3. The van der Waals surface area contributed by atoms with E-state index in [0.717, 1.165) is 5.01 Å². The molecule has 3 rings (SSSR count). The summed E-state index contributed by atoms with van der Waals surface area (Å²) in [5.74, 6) is -0.0973. The molecule has 0 aliphatic heterocycles. The van der Waals surface area contributed by atoms with Gasteiger partial charge in [0.1, 0.15) is 10.8 Å². The van der Waals surface area contributed by atoms with Crippen molar-refractivity contribution in [3.05, 3.63) is 46.9 Å². The van der Waals surface area contributed by atoms with Crippen molar-refractivity contribution in [3.63, 3.8) is 0 Å². The van der Waals surface area contributed by atoms with E-state index < -0.39 is 0 Å². The molecule has 1 amide bonds. The summed E-state index contributed by atoms with van der Waals surface area (Å²) in [7, 11) is 0. The molecule has 2 aromatic heterocycles. The second-order valence-electron chi connectivity index (χ2n) is 4.54. The normalized spacial score (nSPS) is 10.6. The molecule has 0 aliphatic carbocycles. The first kappa shape index (κ1) is 14.3. The van der Waals surface area contributed by atoms with Crippen molar-refractivity contribution in [3.8, 4) is 11.3 Å². The third-order valence-corrected chi connectivity index (χ3v) is 3.56. The van der Waals surface area contributed by atoms with E-state index in [-0.39, 0.29) is 18.1 Å². The van der Waals surface area contributed by atoms with Crippen LogP contribution in [0.5, 0.6) is 0 Å². The zero-order valence-electron chi connectivity index (χ0n) is 11.5. The first-order valence-corrected chi connectivity index (χ1v) is 7.23. The number of carbonyl (C=O) groups excluding carboxylic acids is 1. The third kappa shape index (κ3) is 3.34. The molecule has 8 heteroatoms. The number of halogens is 1. The van der Waals surface area contributed by atoms with Gasteiger partial charge in [-0.1, -0.05) is 16.5 Å². The summed E-state index contributed by atoms with van der Waals surface area (Å²) in [6, 6.07) is 7.50. The van der Waals surface area contributed by atoms with Crippen molar-refractivity contribution in [1.82, 2.24) is 15.4 Å². The Morgan fingerprint density at radius 2 is 2.09 bits per heavy atom. The number of anilines is 1. The van der Waals surface area contributed by atoms with Gasteiger partial charge < -0.3 is 9.84 Å². The maximum atomic E-state index is 12.9. The van der Waals surface area contributed by atoms with Gasteiger partial charge >= 0.3 is 0 Å². The molecule has 0 atom stereocenters. The van der Waals surface area contributed by atoms with Crippen molar-refractivity contribution in [1.29, 1.82) is 0 Å². The molecule has 3 aromatic rings. The lowest BCUT2D eigenvalue weighted by atomic mass is 10.1. The largest absolute Gasteiger partial charge is 0.356 e. The van der Waals surface area contributed by atoms with Crippen LogP contribution in [0, 0.1) is 12.7 Å². The van der Waals surface area contributed by atoms with Gasteiger partial charge in [0.2, 0.25) is 11.0 Å². The summed E-state index contributed by atoms with van der Waals surface area (Å²) >= 11 is 1.30. The van der Waals surface area contributed by atoms with Gasteiger partial charge in [-0.3, -0.25) is 4.79 Å². The third-order valence-electron chi connectivity index (χ3n) is 2.80. The fourth-order valence-electron chi connectivity index (χ4n) is 1.82. The van der Waals surface area contributed by atoms with Gasteiger partial charge in [0.15, 0.2) is 5.76 Å². The standard InChI is InChI=1S/C14H11FN4O2S/c1-8-17-18-14(22-8)16-13(20)7-11-6-12(21-19-11)9-2-4-10(15)5-3-9/h2-6H,7H2,1H3,(H,16,18,20). The molecule has 0 saturated carbocycles. The van der Waals surface area contributed by atoms with Crippen molar-refractivity contribution in [2.24, 2.45) is 0 Å². The first-order chi connectivity index (χ1) is 10.6. The van der Waals surface area contributed by atoms with Crippen LogP contribution in [-0.4, -0.2) is 21.3 Å². The molecule has 0 fully saturated rings. The summed E-state index contributed by atoms with van der Waals surface area (Å²) in [6.45, 7) is 1.81. The molecule has 112 valence electrons. The smallest absolute Gasteiger partial charge is 0.232 e. The fourth-order valence-corrected chi connectivity index (χ4v) is 2.43. The van der Waals surface area contributed by atoms with Gasteiger partial charge in [-0.05, 0) is 31.2 Å². The number of hydrogen-bond donors (Lipinski definition) is 1. The van der Waals surface area contributed by atoms with E-state index in [1.807, 2.05) is 0 Å². The highest BCUT2D eigenvalue weighted by molar-refractivity contribution is 7.15. The number of aryl methyl sites for hydroxylation is 1. The van der Waals surface area contributed by atoms with E-state index >= 15 is 0 Å². The second kappa shape index (κ2) is 6.02. The molecule has 0 bridgehead atoms. The van der Waals surface area contributed by atoms with Crippen LogP contribution in [0.25, 0.3) is 11.3 Å². The highest BCUT2D eigenvalue weighted by Gasteiger charge is 2.12. The van der Waals surface area contributed by atoms with Crippen LogP contribution >= 0.6 is 11.3 Å². The number of benzene rings is 1. The van der Waals surface area contributed by atoms with E-state index in [0.29, 0.717) is 22.1 Å². The summed E-state index contributed by atoms with van der Waals surface area (Å²) in [5.41, 5.74) is 1.18. The highest BCUT2D eigenvalue weighted by atomic mass is 32.1. The zero-order valence-corrected chi connectivity index (χ0v) is 12.4. The van der Waals surface area contributed by atoms with E-state index in [2.05, 4.69) is 20.7 Å². The van der Waals surface area contributed by atoms with Crippen LogP contribution in [0.2, 0.25) is 0 Å². The first-order valence-electron chi connectivity index (χ1n) is 6.41. The van der Waals surface area contributed by atoms with Crippen molar-refractivity contribution < 1.29 is 13.7 Å². The molecule has 0 spiro atoms. The number of rotatable bonds is 4. The van der Waals surface area contributed by atoms with Crippen molar-refractivity contribution >= 4 is 22.4 Å². The van der Waals surface area contributed by atoms with E-state index in [1.54, 1.807) is 25.1 Å². The van der Waals surface area contributed by atoms with Gasteiger partial charge in [0, 0.05) is 11.6 Å². The fraction of sp³-hybridized carbons (Fsp3) is 0.143. The number of hydrogen-bond acceptors (Lipinski definition) is 6. The molecule has 6 nitrogen and oxygen atoms in total. The van der Waals surface area contributed by atoms with E-state index in [1.165, 1.54) is 23.5 Å². The van der Waals surface area contributed by atoms with E-state index in [9.17, 15) is 9.18 Å². The molecule has 2 heterocycles. The monoisotopic (exact) mass is 318 g/mol. The lowest BCUT2D eigenvalue weighted by Gasteiger charge is -1.97. The quantitative estimate of drug-likeness (QED) is 0.800. The number of nitrogens with zero attached hydrogens (tertiary/aromatic N) is 3. The Kier molecular flexibility index (Phi) is 3.92. The summed E-state index contributed by atoms with van der Waals surface area (Å²) in [6.07, 6.45) is 0.0589. The maximum Gasteiger partial charge on any atom is 0.232 e. The molecule has 22 heavy (non-hydrogen) atoms. The second-order valence-corrected chi connectivity index (χ2v) is 5.72. The van der Waals surface area contributed by atoms with Gasteiger partial charge in [-0.25, -0.2) is 4.39 Å². The lowest BCUT2D eigenvalue weighted by molar-refractivity contribution is -0.115. The maximum absolute atomic E-state index is 12.9. The Morgan fingerprint density at radius 3 is 2.77 bits per heavy atom. The predicted octanol–water partition coefficient (Wildman–Crippen LogP) is 2.82. The molecule has 0 radical (unpaired) electrons. The minimum Gasteiger partial charge on any atom is -0.356 e. The van der Waals surface area contributed by atoms with Gasteiger partial charge in [-0.15, -0.1) is 10.2 Å². The zero-order chi connectivity index (χ0) is 15.5. The molecule has 0 unspecified atom stereocenters. The van der Waals surface area contributed by atoms with E-state index in [4.69, 9.17) is 4.52 Å². The summed E-state index contributed by atoms with van der Waals surface area (Å²) in [4.78, 5) is 11.9. The Labute approximate surface area is 129 Å². The molecule has 1 N–H and O–H groups in total. The summed E-state index contributed by atoms with van der Waals surface area (Å²) in [5, 5.41) is 15.3.